The number of nitrogens with one attached hydrogen (secondary N) is 1. The number of hydrogen-bond donors (Lipinski definition) is 2. The number of aliphatic hydroxyl groups excluding tert-OH is 1. The Kier molecular flexibility index (Phi) is 6.05. The van der Waals surface area contributed by atoms with Gasteiger partial charge < -0.3 is 10.0 Å². The van der Waals surface area contributed by atoms with Crippen molar-refractivity contribution in [1.82, 2.24) is 4.90 Å². The Bertz CT molecular complexity index is 924. The van der Waals surface area contributed by atoms with Crippen LogP contribution < -0.4 is 4.72 Å². The molecular weight excluding hydrogens is 376 g/mol. The normalized spacial score (nSPS) is 19.8. The summed E-state index contributed by atoms with van der Waals surface area (Å²) in [6.07, 6.45) is 2.98. The first-order valence-electron chi connectivity index (χ1n) is 9.43. The van der Waals surface area contributed by atoms with Crippen LogP contribution in [-0.2, 0) is 10.0 Å². The molecule has 0 aliphatic heterocycles. The summed E-state index contributed by atoms with van der Waals surface area (Å²) in [6, 6.07) is 12.8. The van der Waals surface area contributed by atoms with Gasteiger partial charge in [-0.1, -0.05) is 30.5 Å². The van der Waals surface area contributed by atoms with Crippen molar-refractivity contribution in [2.75, 3.05) is 11.8 Å². The topological polar surface area (TPSA) is 86.7 Å². The van der Waals surface area contributed by atoms with E-state index in [1.807, 2.05) is 6.92 Å². The first-order valence-corrected chi connectivity index (χ1v) is 10.9. The molecule has 1 amide bonds. The number of carbonyl (C=O) groups excluding carboxylic acids is 1. The van der Waals surface area contributed by atoms with Crippen LogP contribution in [0.3, 0.4) is 0 Å². The second-order valence-corrected chi connectivity index (χ2v) is 9.01. The molecule has 0 aromatic heterocycles. The van der Waals surface area contributed by atoms with E-state index in [4.69, 9.17) is 0 Å². The first kappa shape index (κ1) is 20.4. The van der Waals surface area contributed by atoms with Crippen LogP contribution in [0.15, 0.2) is 53.4 Å². The van der Waals surface area contributed by atoms with Gasteiger partial charge in [0.1, 0.15) is 0 Å². The van der Waals surface area contributed by atoms with Crippen molar-refractivity contribution in [1.29, 1.82) is 0 Å². The highest BCUT2D eigenvalue weighted by Gasteiger charge is 2.29. The molecule has 0 bridgehead atoms. The molecule has 7 heteroatoms. The van der Waals surface area contributed by atoms with E-state index < -0.39 is 16.1 Å². The fourth-order valence-electron chi connectivity index (χ4n) is 3.51. The predicted octanol–water partition coefficient (Wildman–Crippen LogP) is 3.17. The van der Waals surface area contributed by atoms with E-state index in [0.717, 1.165) is 24.8 Å². The summed E-state index contributed by atoms with van der Waals surface area (Å²) in [5.74, 6) is -0.182. The lowest BCUT2D eigenvalue weighted by atomic mass is 9.91. The van der Waals surface area contributed by atoms with Crippen LogP contribution in [0.1, 0.15) is 41.6 Å². The summed E-state index contributed by atoms with van der Waals surface area (Å²) >= 11 is 0. The zero-order valence-corrected chi connectivity index (χ0v) is 16.9. The van der Waals surface area contributed by atoms with Crippen molar-refractivity contribution in [2.24, 2.45) is 0 Å². The highest BCUT2D eigenvalue weighted by Crippen LogP contribution is 2.24. The predicted molar refractivity (Wildman–Crippen MR) is 109 cm³/mol. The lowest BCUT2D eigenvalue weighted by Gasteiger charge is -2.35. The maximum atomic E-state index is 12.7. The van der Waals surface area contributed by atoms with Gasteiger partial charge in [-0.3, -0.25) is 9.52 Å². The Labute approximate surface area is 166 Å². The molecule has 1 saturated carbocycles. The molecule has 2 unspecified atom stereocenters. The van der Waals surface area contributed by atoms with E-state index in [0.29, 0.717) is 17.7 Å². The largest absolute Gasteiger partial charge is 0.391 e. The number of benzene rings is 2. The molecule has 0 spiro atoms. The van der Waals surface area contributed by atoms with Gasteiger partial charge in [0.2, 0.25) is 0 Å². The number of rotatable bonds is 5. The van der Waals surface area contributed by atoms with E-state index in [-0.39, 0.29) is 16.8 Å². The number of nitrogens with zero attached hydrogens (tertiary/aromatic N) is 1. The van der Waals surface area contributed by atoms with Gasteiger partial charge in [0, 0.05) is 18.3 Å². The quantitative estimate of drug-likeness (QED) is 0.804. The van der Waals surface area contributed by atoms with E-state index in [1.54, 1.807) is 60.5 Å². The summed E-state index contributed by atoms with van der Waals surface area (Å²) in [5, 5.41) is 10.2. The molecule has 0 heterocycles. The number of aryl methyl sites for hydroxylation is 1. The lowest BCUT2D eigenvalue weighted by molar-refractivity contribution is 0.0268. The first-order chi connectivity index (χ1) is 13.3. The molecule has 1 aliphatic rings. The second-order valence-electron chi connectivity index (χ2n) is 7.33. The molecule has 1 aliphatic carbocycles. The SMILES string of the molecule is Cc1ccc(S(=O)(=O)Nc2ccc(C(=O)N(C)C3CCCCC3O)cc2)cc1. The van der Waals surface area contributed by atoms with Crippen LogP contribution in [-0.4, -0.2) is 43.5 Å². The Balaban J connectivity index is 1.70. The molecule has 28 heavy (non-hydrogen) atoms. The van der Waals surface area contributed by atoms with Gasteiger partial charge in [-0.25, -0.2) is 8.42 Å². The summed E-state index contributed by atoms with van der Waals surface area (Å²) in [7, 11) is -1.98. The molecule has 6 nitrogen and oxygen atoms in total. The number of anilines is 1. The van der Waals surface area contributed by atoms with Gasteiger partial charge in [0.25, 0.3) is 15.9 Å². The Morgan fingerprint density at radius 1 is 1.04 bits per heavy atom. The Morgan fingerprint density at radius 3 is 2.25 bits per heavy atom. The Hall–Kier alpha value is -2.38. The molecule has 3 rings (SSSR count). The van der Waals surface area contributed by atoms with E-state index in [2.05, 4.69) is 4.72 Å². The number of hydrogen-bond acceptors (Lipinski definition) is 4. The van der Waals surface area contributed by atoms with Crippen molar-refractivity contribution in [2.45, 2.75) is 49.6 Å². The number of carbonyl (C=O) groups is 1. The van der Waals surface area contributed by atoms with Crippen LogP contribution in [0.5, 0.6) is 0 Å². The van der Waals surface area contributed by atoms with E-state index >= 15 is 0 Å². The fourth-order valence-corrected chi connectivity index (χ4v) is 4.57. The molecule has 1 fully saturated rings. The smallest absolute Gasteiger partial charge is 0.261 e. The van der Waals surface area contributed by atoms with Crippen molar-refractivity contribution < 1.29 is 18.3 Å². The number of likely N-dealkylation sites (N-methyl/N-ethyl adjacent to an activating group) is 1. The molecule has 0 saturated heterocycles. The fraction of sp³-hybridized carbons (Fsp3) is 0.381. The summed E-state index contributed by atoms with van der Waals surface area (Å²) < 4.78 is 27.5. The summed E-state index contributed by atoms with van der Waals surface area (Å²) in [6.45, 7) is 1.89. The van der Waals surface area contributed by atoms with E-state index in [9.17, 15) is 18.3 Å². The second kappa shape index (κ2) is 8.32. The van der Waals surface area contributed by atoms with Crippen LogP contribution >= 0.6 is 0 Å². The molecule has 2 atom stereocenters. The van der Waals surface area contributed by atoms with Crippen LogP contribution in [0.25, 0.3) is 0 Å². The molecule has 2 aromatic rings. The number of aliphatic hydroxyl groups is 1. The zero-order chi connectivity index (χ0) is 20.3. The summed E-state index contributed by atoms with van der Waals surface area (Å²) in [5.41, 5.74) is 1.82. The minimum absolute atomic E-state index is 0.180. The average molecular weight is 403 g/mol. The third-order valence-corrected chi connectivity index (χ3v) is 6.62. The van der Waals surface area contributed by atoms with Gasteiger partial charge in [0.15, 0.2) is 0 Å². The van der Waals surface area contributed by atoms with Gasteiger partial charge in [-0.05, 0) is 56.2 Å². The summed E-state index contributed by atoms with van der Waals surface area (Å²) in [4.78, 5) is 14.5. The minimum Gasteiger partial charge on any atom is -0.391 e. The minimum atomic E-state index is -3.68. The monoisotopic (exact) mass is 402 g/mol. The van der Waals surface area contributed by atoms with Crippen molar-refractivity contribution in [3.63, 3.8) is 0 Å². The molecule has 2 N–H and O–H groups in total. The lowest BCUT2D eigenvalue weighted by Crippen LogP contribution is -2.46. The highest BCUT2D eigenvalue weighted by molar-refractivity contribution is 7.92. The van der Waals surface area contributed by atoms with Crippen molar-refractivity contribution in [3.05, 3.63) is 59.7 Å². The molecule has 150 valence electrons. The standard InChI is InChI=1S/C21H26N2O4S/c1-15-7-13-18(14-8-15)28(26,27)22-17-11-9-16(10-12-17)21(25)23(2)19-5-3-4-6-20(19)24/h7-14,19-20,22,24H,3-6H2,1-2H3. The third kappa shape index (κ3) is 4.54. The number of amides is 1. The van der Waals surface area contributed by atoms with Crippen molar-refractivity contribution in [3.8, 4) is 0 Å². The Morgan fingerprint density at radius 2 is 1.64 bits per heavy atom. The molecule has 0 radical (unpaired) electrons. The van der Waals surface area contributed by atoms with Crippen LogP contribution in [0.2, 0.25) is 0 Å². The molecular formula is C21H26N2O4S. The van der Waals surface area contributed by atoms with Crippen LogP contribution in [0.4, 0.5) is 5.69 Å². The van der Waals surface area contributed by atoms with Gasteiger partial charge in [0.05, 0.1) is 17.0 Å². The number of sulfonamides is 1. The molecule has 2 aromatic carbocycles. The zero-order valence-electron chi connectivity index (χ0n) is 16.1. The van der Waals surface area contributed by atoms with Crippen molar-refractivity contribution >= 4 is 21.6 Å². The van der Waals surface area contributed by atoms with Gasteiger partial charge >= 0.3 is 0 Å². The maximum Gasteiger partial charge on any atom is 0.261 e. The van der Waals surface area contributed by atoms with Gasteiger partial charge in [-0.2, -0.15) is 0 Å². The third-order valence-electron chi connectivity index (χ3n) is 5.23. The van der Waals surface area contributed by atoms with Gasteiger partial charge in [-0.15, -0.1) is 0 Å². The van der Waals surface area contributed by atoms with E-state index in [1.165, 1.54) is 0 Å². The highest BCUT2D eigenvalue weighted by atomic mass is 32.2. The maximum absolute atomic E-state index is 12.7. The average Bonchev–Trinajstić information content (AvgIpc) is 2.68. The van der Waals surface area contributed by atoms with Crippen LogP contribution in [0, 0.1) is 6.92 Å².